The Morgan fingerprint density at radius 1 is 1.62 bits per heavy atom. The largest absolute Gasteiger partial charge is 0.600 e. The maximum atomic E-state index is 10.1. The molecule has 0 unspecified atom stereocenters. The molecule has 0 bridgehead atoms. The summed E-state index contributed by atoms with van der Waals surface area (Å²) < 4.78 is 0. The molecular weight excluding hydrogens is 104 g/mol. The Kier molecular flexibility index (Phi) is 2.84. The first kappa shape index (κ1) is 7.14. The van der Waals surface area contributed by atoms with Gasteiger partial charge in [-0.3, -0.25) is 0 Å². The van der Waals surface area contributed by atoms with Crippen LogP contribution in [0, 0.1) is 5.21 Å². The van der Waals surface area contributed by atoms with E-state index in [0.29, 0.717) is 4.86 Å². The Morgan fingerprint density at radius 2 is 2.12 bits per heavy atom. The summed E-state index contributed by atoms with van der Waals surface area (Å²) in [6, 6.07) is 0. The molecule has 0 saturated carbocycles. The van der Waals surface area contributed by atoms with Gasteiger partial charge in [0, 0.05) is 0 Å². The molecule has 0 aromatic rings. The van der Waals surface area contributed by atoms with Gasteiger partial charge in [0.05, 0.1) is 6.20 Å². The highest BCUT2D eigenvalue weighted by molar-refractivity contribution is 4.89. The van der Waals surface area contributed by atoms with E-state index < -0.39 is 0 Å². The lowest BCUT2D eigenvalue weighted by Gasteiger charge is -1.86. The zero-order valence-corrected chi connectivity index (χ0v) is 5.38. The van der Waals surface area contributed by atoms with E-state index in [9.17, 15) is 5.21 Å². The average Bonchev–Trinajstić information content (AvgIpc) is 1.61. The molecule has 0 fully saturated rings. The predicted molar refractivity (Wildman–Crippen MR) is 31.4 cm³/mol. The molecule has 0 saturated heterocycles. The van der Waals surface area contributed by atoms with Crippen LogP contribution in [0.15, 0.2) is 16.9 Å². The van der Waals surface area contributed by atoms with Gasteiger partial charge in [-0.1, -0.05) is 10.4 Å². The predicted octanol–water partition coefficient (Wildman–Crippen LogP) is 1.50. The molecule has 0 aliphatic rings. The lowest BCUT2D eigenvalue weighted by atomic mass is 10.4. The summed E-state index contributed by atoms with van der Waals surface area (Å²) in [7, 11) is 1.35. The quantitative estimate of drug-likeness (QED) is 0.289. The van der Waals surface area contributed by atoms with Crippen molar-refractivity contribution in [3.8, 4) is 0 Å². The molecule has 0 aromatic heterocycles. The smallest absolute Gasteiger partial charge is 0.171 e. The maximum absolute atomic E-state index is 10.1. The summed E-state index contributed by atoms with van der Waals surface area (Å²) in [6.45, 7) is 3.76. The van der Waals surface area contributed by atoms with E-state index in [1.54, 1.807) is 0 Å². The van der Waals surface area contributed by atoms with Crippen LogP contribution in [0.2, 0.25) is 0 Å². The van der Waals surface area contributed by atoms with Crippen LogP contribution in [0.5, 0.6) is 0 Å². The van der Waals surface area contributed by atoms with Crippen molar-refractivity contribution in [3.05, 3.63) is 17.0 Å². The van der Waals surface area contributed by atoms with Gasteiger partial charge in [-0.05, 0) is 19.0 Å². The zero-order valence-electron chi connectivity index (χ0n) is 5.38. The molecule has 0 aliphatic heterocycles. The van der Waals surface area contributed by atoms with E-state index >= 15 is 0 Å². The Balaban J connectivity index is 3.76. The van der Waals surface area contributed by atoms with Crippen LogP contribution in [0.4, 0.5) is 0 Å². The van der Waals surface area contributed by atoms with Crippen molar-refractivity contribution >= 4 is 0 Å². The minimum Gasteiger partial charge on any atom is -0.600 e. The number of hydroxylamine groups is 1. The first-order valence-electron chi connectivity index (χ1n) is 2.38. The van der Waals surface area contributed by atoms with Crippen molar-refractivity contribution < 1.29 is 4.86 Å². The summed E-state index contributed by atoms with van der Waals surface area (Å²) in [5.41, 5.74) is 1.02. The first-order valence-corrected chi connectivity index (χ1v) is 2.38. The molecule has 8 heavy (non-hydrogen) atoms. The van der Waals surface area contributed by atoms with Crippen molar-refractivity contribution in [2.24, 2.45) is 5.11 Å². The molecule has 0 rings (SSSR count). The molecule has 0 amide bonds. The standard InChI is InChI=1S/C5H10N2O/c1-5(2)4-6-7(3)8/h4H,1-3H3. The summed E-state index contributed by atoms with van der Waals surface area (Å²) in [4.78, 5) is 0.521. The third kappa shape index (κ3) is 5.14. The Bertz CT molecular complexity index is 102. The minimum atomic E-state index is 0.521. The second-order valence-corrected chi connectivity index (χ2v) is 1.79. The minimum absolute atomic E-state index is 0.521. The fraction of sp³-hybridized carbons (Fsp3) is 0.600. The number of nitrogens with zero attached hydrogens (tertiary/aromatic N) is 2. The van der Waals surface area contributed by atoms with Gasteiger partial charge in [0.2, 0.25) is 0 Å². The van der Waals surface area contributed by atoms with E-state index in [1.807, 2.05) is 13.8 Å². The van der Waals surface area contributed by atoms with Crippen LogP contribution in [0.1, 0.15) is 13.8 Å². The molecule has 46 valence electrons. The lowest BCUT2D eigenvalue weighted by Crippen LogP contribution is -1.85. The summed E-state index contributed by atoms with van der Waals surface area (Å²) in [6.07, 6.45) is 1.52. The van der Waals surface area contributed by atoms with Gasteiger partial charge < -0.3 is 5.21 Å². The number of allylic oxidation sites excluding steroid dienone is 1. The molecule has 0 N–H and O–H groups in total. The van der Waals surface area contributed by atoms with E-state index in [2.05, 4.69) is 5.11 Å². The number of azo groups is 1. The molecule has 0 aliphatic carbocycles. The van der Waals surface area contributed by atoms with E-state index in [-0.39, 0.29) is 0 Å². The van der Waals surface area contributed by atoms with Crippen LogP contribution in [-0.2, 0) is 0 Å². The fourth-order valence-electron chi connectivity index (χ4n) is 0.197. The van der Waals surface area contributed by atoms with Crippen molar-refractivity contribution in [1.29, 1.82) is 0 Å². The Hall–Kier alpha value is -0.860. The normalized spacial score (nSPS) is 11.1. The monoisotopic (exact) mass is 114 g/mol. The van der Waals surface area contributed by atoms with Gasteiger partial charge in [-0.2, -0.15) is 0 Å². The van der Waals surface area contributed by atoms with Gasteiger partial charge >= 0.3 is 0 Å². The van der Waals surface area contributed by atoms with Crippen molar-refractivity contribution in [2.45, 2.75) is 13.8 Å². The second kappa shape index (κ2) is 3.18. The molecular formula is C5H10N2O. The van der Waals surface area contributed by atoms with E-state index in [0.717, 1.165) is 5.57 Å². The molecule has 0 atom stereocenters. The lowest BCUT2D eigenvalue weighted by molar-refractivity contribution is -0.494. The third-order valence-corrected chi connectivity index (χ3v) is 0.479. The van der Waals surface area contributed by atoms with Crippen LogP contribution in [-0.4, -0.2) is 11.9 Å². The zero-order chi connectivity index (χ0) is 6.57. The first-order chi connectivity index (χ1) is 3.63. The SMILES string of the molecule is CC(C)=CN=[N+](C)[O-]. The molecule has 3 heteroatoms. The highest BCUT2D eigenvalue weighted by atomic mass is 16.5. The van der Waals surface area contributed by atoms with Crippen LogP contribution in [0.25, 0.3) is 0 Å². The number of hydrogen-bond donors (Lipinski definition) is 0. The van der Waals surface area contributed by atoms with Crippen molar-refractivity contribution in [1.82, 2.24) is 0 Å². The second-order valence-electron chi connectivity index (χ2n) is 1.79. The highest BCUT2D eigenvalue weighted by Crippen LogP contribution is 1.87. The summed E-state index contributed by atoms with van der Waals surface area (Å²) in [5, 5.41) is 13.5. The average molecular weight is 114 g/mol. The van der Waals surface area contributed by atoms with Crippen molar-refractivity contribution in [2.75, 3.05) is 7.05 Å². The molecule has 3 nitrogen and oxygen atoms in total. The van der Waals surface area contributed by atoms with Gasteiger partial charge in [0.1, 0.15) is 0 Å². The van der Waals surface area contributed by atoms with Gasteiger partial charge in [-0.25, -0.2) is 0 Å². The number of rotatable bonds is 1. The Morgan fingerprint density at radius 3 is 2.25 bits per heavy atom. The van der Waals surface area contributed by atoms with Crippen LogP contribution in [0.3, 0.4) is 0 Å². The van der Waals surface area contributed by atoms with Crippen LogP contribution < -0.4 is 0 Å². The van der Waals surface area contributed by atoms with Crippen LogP contribution >= 0.6 is 0 Å². The molecule has 0 radical (unpaired) electrons. The highest BCUT2D eigenvalue weighted by Gasteiger charge is 1.75. The number of hydrogen-bond acceptors (Lipinski definition) is 2. The topological polar surface area (TPSA) is 38.4 Å². The van der Waals surface area contributed by atoms with Gasteiger partial charge in [-0.15, -0.1) is 0 Å². The summed E-state index contributed by atoms with van der Waals surface area (Å²) in [5.74, 6) is 0. The van der Waals surface area contributed by atoms with E-state index in [4.69, 9.17) is 0 Å². The molecule has 0 heterocycles. The van der Waals surface area contributed by atoms with E-state index in [1.165, 1.54) is 13.2 Å². The molecule has 0 aromatic carbocycles. The summed E-state index contributed by atoms with van der Waals surface area (Å²) >= 11 is 0. The van der Waals surface area contributed by atoms with Gasteiger partial charge in [0.15, 0.2) is 7.05 Å². The van der Waals surface area contributed by atoms with Gasteiger partial charge in [0.25, 0.3) is 0 Å². The fourth-order valence-corrected chi connectivity index (χ4v) is 0.197. The molecule has 0 spiro atoms. The third-order valence-electron chi connectivity index (χ3n) is 0.479. The maximum Gasteiger partial charge on any atom is 0.171 e. The Labute approximate surface area is 48.9 Å². The van der Waals surface area contributed by atoms with Crippen molar-refractivity contribution in [3.63, 3.8) is 0 Å².